The molecule has 0 unspecified atom stereocenters. The molecule has 0 bridgehead atoms. The Balaban J connectivity index is 1.82. The van der Waals surface area contributed by atoms with Crippen molar-refractivity contribution in [1.29, 1.82) is 0 Å². The molecule has 0 saturated carbocycles. The molecule has 8 heteroatoms. The average Bonchev–Trinajstić information content (AvgIpc) is 2.54. The molecule has 0 spiro atoms. The molecule has 2 rings (SSSR count). The van der Waals surface area contributed by atoms with Crippen LogP contribution in [0.4, 0.5) is 4.79 Å². The van der Waals surface area contributed by atoms with E-state index >= 15 is 0 Å². The van der Waals surface area contributed by atoms with Crippen molar-refractivity contribution in [2.24, 2.45) is 5.92 Å². The van der Waals surface area contributed by atoms with E-state index in [0.717, 1.165) is 12.8 Å². The van der Waals surface area contributed by atoms with Crippen LogP contribution < -0.4 is 0 Å². The number of carbonyl (C=O) groups excluding carboxylic acids is 2. The number of nitrogens with zero attached hydrogens (tertiary/aromatic N) is 4. The average molecular weight is 369 g/mol. The fourth-order valence-electron chi connectivity index (χ4n) is 2.74. The zero-order valence-corrected chi connectivity index (χ0v) is 15.9. The number of likely N-dealkylation sites (tertiary alicyclic amines) is 1. The first-order valence-electron chi connectivity index (χ1n) is 8.36. The Hall–Kier alpha value is -1.89. The highest BCUT2D eigenvalue weighted by Crippen LogP contribution is 2.21. The van der Waals surface area contributed by atoms with Crippen molar-refractivity contribution in [3.05, 3.63) is 23.2 Å². The van der Waals surface area contributed by atoms with Crippen molar-refractivity contribution in [2.75, 3.05) is 26.7 Å². The van der Waals surface area contributed by atoms with Gasteiger partial charge in [0.1, 0.15) is 5.60 Å². The largest absolute Gasteiger partial charge is 0.444 e. The number of halogens is 1. The van der Waals surface area contributed by atoms with Gasteiger partial charge in [0.2, 0.25) is 5.28 Å². The van der Waals surface area contributed by atoms with E-state index in [9.17, 15) is 9.59 Å². The fraction of sp³-hybridized carbons (Fsp3) is 0.647. The lowest BCUT2D eigenvalue weighted by atomic mass is 9.96. The molecule has 1 aliphatic rings. The van der Waals surface area contributed by atoms with Gasteiger partial charge in [-0.3, -0.25) is 4.79 Å². The maximum absolute atomic E-state index is 12.4. The maximum Gasteiger partial charge on any atom is 0.410 e. The van der Waals surface area contributed by atoms with Gasteiger partial charge in [0.25, 0.3) is 5.91 Å². The number of aromatic nitrogens is 2. The quantitative estimate of drug-likeness (QED) is 0.767. The first kappa shape index (κ1) is 19.4. The van der Waals surface area contributed by atoms with Crippen LogP contribution in [0, 0.1) is 5.92 Å². The molecule has 1 aromatic rings. The van der Waals surface area contributed by atoms with Gasteiger partial charge in [-0.05, 0) is 51.1 Å². The van der Waals surface area contributed by atoms with E-state index in [-0.39, 0.29) is 17.3 Å². The highest BCUT2D eigenvalue weighted by Gasteiger charge is 2.28. The SMILES string of the molecule is CN(CC1CCN(C(=O)OC(C)(C)C)CC1)C(=O)c1cnc(Cl)nc1. The Kier molecular flexibility index (Phi) is 6.21. The van der Waals surface area contributed by atoms with E-state index in [0.29, 0.717) is 31.1 Å². The van der Waals surface area contributed by atoms with E-state index in [1.165, 1.54) is 12.4 Å². The highest BCUT2D eigenvalue weighted by molar-refractivity contribution is 6.28. The summed E-state index contributed by atoms with van der Waals surface area (Å²) in [5.74, 6) is 0.215. The molecule has 0 aliphatic carbocycles. The number of piperidine rings is 1. The topological polar surface area (TPSA) is 75.6 Å². The molecule has 0 atom stereocenters. The van der Waals surface area contributed by atoms with Crippen LogP contribution in [-0.2, 0) is 4.74 Å². The lowest BCUT2D eigenvalue weighted by molar-refractivity contribution is 0.0171. The molecule has 138 valence electrons. The molecule has 1 aliphatic heterocycles. The molecule has 1 fully saturated rings. The van der Waals surface area contributed by atoms with Gasteiger partial charge < -0.3 is 14.5 Å². The van der Waals surface area contributed by atoms with Crippen LogP contribution >= 0.6 is 11.6 Å². The van der Waals surface area contributed by atoms with Crippen LogP contribution in [-0.4, -0.2) is 64.1 Å². The van der Waals surface area contributed by atoms with Gasteiger partial charge >= 0.3 is 6.09 Å². The second kappa shape index (κ2) is 7.99. The molecule has 2 heterocycles. The summed E-state index contributed by atoms with van der Waals surface area (Å²) in [5.41, 5.74) is -0.0700. The number of rotatable bonds is 3. The Morgan fingerprint density at radius 2 is 1.84 bits per heavy atom. The Morgan fingerprint density at radius 1 is 1.28 bits per heavy atom. The molecule has 25 heavy (non-hydrogen) atoms. The van der Waals surface area contributed by atoms with Crippen molar-refractivity contribution >= 4 is 23.6 Å². The standard InChI is InChI=1S/C17H25ClN4O3/c1-17(2,3)25-16(24)22-7-5-12(6-8-22)11-21(4)14(23)13-9-19-15(18)20-10-13/h9-10,12H,5-8,11H2,1-4H3. The first-order chi connectivity index (χ1) is 11.7. The number of amides is 2. The molecular formula is C17H25ClN4O3. The zero-order valence-electron chi connectivity index (χ0n) is 15.2. The summed E-state index contributed by atoms with van der Waals surface area (Å²) < 4.78 is 5.40. The molecule has 2 amide bonds. The van der Waals surface area contributed by atoms with Gasteiger partial charge in [-0.1, -0.05) is 0 Å². The Bertz CT molecular complexity index is 607. The minimum atomic E-state index is -0.485. The van der Waals surface area contributed by atoms with Gasteiger partial charge in [-0.15, -0.1) is 0 Å². The first-order valence-corrected chi connectivity index (χ1v) is 8.74. The van der Waals surface area contributed by atoms with Crippen LogP contribution in [0.2, 0.25) is 5.28 Å². The summed E-state index contributed by atoms with van der Waals surface area (Å²) in [4.78, 5) is 35.5. The van der Waals surface area contributed by atoms with E-state index in [1.54, 1.807) is 16.8 Å². The van der Waals surface area contributed by atoms with E-state index in [2.05, 4.69) is 9.97 Å². The number of ether oxygens (including phenoxy) is 1. The van der Waals surface area contributed by atoms with Crippen LogP contribution in [0.15, 0.2) is 12.4 Å². The lowest BCUT2D eigenvalue weighted by Gasteiger charge is -2.34. The number of carbonyl (C=O) groups is 2. The van der Waals surface area contributed by atoms with Gasteiger partial charge in [0, 0.05) is 39.1 Å². The second-order valence-corrected chi connectivity index (χ2v) is 7.68. The van der Waals surface area contributed by atoms with E-state index in [1.807, 2.05) is 20.8 Å². The van der Waals surface area contributed by atoms with Crippen LogP contribution in [0.1, 0.15) is 44.0 Å². The molecule has 1 saturated heterocycles. The Labute approximate surface area is 153 Å². The van der Waals surface area contributed by atoms with Crippen molar-refractivity contribution in [1.82, 2.24) is 19.8 Å². The summed E-state index contributed by atoms with van der Waals surface area (Å²) in [7, 11) is 1.76. The summed E-state index contributed by atoms with van der Waals surface area (Å²) in [5, 5.41) is 0.119. The monoisotopic (exact) mass is 368 g/mol. The number of hydrogen-bond acceptors (Lipinski definition) is 5. The van der Waals surface area contributed by atoms with Gasteiger partial charge in [0.05, 0.1) is 5.56 Å². The van der Waals surface area contributed by atoms with Gasteiger partial charge in [-0.25, -0.2) is 14.8 Å². The molecule has 0 N–H and O–H groups in total. The van der Waals surface area contributed by atoms with Crippen molar-refractivity contribution in [2.45, 2.75) is 39.2 Å². The molecule has 0 radical (unpaired) electrons. The maximum atomic E-state index is 12.4. The van der Waals surface area contributed by atoms with Crippen LogP contribution in [0.3, 0.4) is 0 Å². The summed E-state index contributed by atoms with van der Waals surface area (Å²) in [6.07, 6.45) is 4.27. The van der Waals surface area contributed by atoms with Crippen LogP contribution in [0.25, 0.3) is 0 Å². The smallest absolute Gasteiger partial charge is 0.410 e. The van der Waals surface area contributed by atoms with E-state index < -0.39 is 5.60 Å². The fourth-order valence-corrected chi connectivity index (χ4v) is 2.84. The molecule has 0 aromatic carbocycles. The predicted molar refractivity (Wildman–Crippen MR) is 94.5 cm³/mol. The van der Waals surface area contributed by atoms with Crippen LogP contribution in [0.5, 0.6) is 0 Å². The highest BCUT2D eigenvalue weighted by atomic mass is 35.5. The molecule has 7 nitrogen and oxygen atoms in total. The van der Waals surface area contributed by atoms with Gasteiger partial charge in [-0.2, -0.15) is 0 Å². The summed E-state index contributed by atoms with van der Waals surface area (Å²) in [6.45, 7) is 7.50. The minimum absolute atomic E-state index is 0.119. The third kappa shape index (κ3) is 5.85. The van der Waals surface area contributed by atoms with Crippen molar-refractivity contribution < 1.29 is 14.3 Å². The summed E-state index contributed by atoms with van der Waals surface area (Å²) in [6, 6.07) is 0. The second-order valence-electron chi connectivity index (χ2n) is 7.34. The molecular weight excluding hydrogens is 344 g/mol. The zero-order chi connectivity index (χ0) is 18.6. The van der Waals surface area contributed by atoms with Crippen molar-refractivity contribution in [3.8, 4) is 0 Å². The predicted octanol–water partition coefficient (Wildman–Crippen LogP) is 2.85. The normalized spacial score (nSPS) is 15.8. The summed E-state index contributed by atoms with van der Waals surface area (Å²) >= 11 is 5.64. The number of hydrogen-bond donors (Lipinski definition) is 0. The Morgan fingerprint density at radius 3 is 2.36 bits per heavy atom. The van der Waals surface area contributed by atoms with Crippen molar-refractivity contribution in [3.63, 3.8) is 0 Å². The van der Waals surface area contributed by atoms with E-state index in [4.69, 9.17) is 16.3 Å². The minimum Gasteiger partial charge on any atom is -0.444 e. The third-order valence-corrected chi connectivity index (χ3v) is 4.21. The third-order valence-electron chi connectivity index (χ3n) is 4.01. The molecule has 1 aromatic heterocycles. The lowest BCUT2D eigenvalue weighted by Crippen LogP contribution is -2.44. The van der Waals surface area contributed by atoms with Gasteiger partial charge in [0.15, 0.2) is 0 Å².